The average Bonchev–Trinajstić information content (AvgIpc) is 3.34. The first-order valence-electron chi connectivity index (χ1n) is 10.3. The number of carbonyl (C=O) groups is 2. The molecule has 1 aliphatic rings. The van der Waals surface area contributed by atoms with E-state index < -0.39 is 30.2 Å². The van der Waals surface area contributed by atoms with Crippen molar-refractivity contribution in [3.05, 3.63) is 65.2 Å². The highest BCUT2D eigenvalue weighted by Gasteiger charge is 2.32. The van der Waals surface area contributed by atoms with Crippen LogP contribution in [-0.4, -0.2) is 49.8 Å². The van der Waals surface area contributed by atoms with Crippen molar-refractivity contribution < 1.29 is 32.2 Å². The number of esters is 1. The van der Waals surface area contributed by atoms with Gasteiger partial charge >= 0.3 is 12.1 Å². The molecule has 1 amide bonds. The lowest BCUT2D eigenvalue weighted by Gasteiger charge is -2.31. The fraction of sp³-hybridized carbons (Fsp3) is 0.261. The van der Waals surface area contributed by atoms with Crippen LogP contribution < -0.4 is 10.2 Å². The van der Waals surface area contributed by atoms with Gasteiger partial charge in [-0.15, -0.1) is 11.3 Å². The van der Waals surface area contributed by atoms with Gasteiger partial charge in [0.15, 0.2) is 12.3 Å². The number of amides is 1. The van der Waals surface area contributed by atoms with Crippen LogP contribution in [0.15, 0.2) is 53.9 Å². The van der Waals surface area contributed by atoms with E-state index in [2.05, 4.69) is 10.3 Å². The monoisotopic (exact) mass is 491 g/mol. The van der Waals surface area contributed by atoms with E-state index in [4.69, 9.17) is 9.47 Å². The van der Waals surface area contributed by atoms with Crippen molar-refractivity contribution in [1.82, 2.24) is 4.98 Å². The number of nitrogens with zero attached hydrogens (tertiary/aromatic N) is 2. The number of alkyl halides is 3. The Morgan fingerprint density at radius 1 is 1.12 bits per heavy atom. The van der Waals surface area contributed by atoms with Gasteiger partial charge < -0.3 is 19.7 Å². The Morgan fingerprint density at radius 2 is 1.85 bits per heavy atom. The zero-order valence-electron chi connectivity index (χ0n) is 17.8. The summed E-state index contributed by atoms with van der Waals surface area (Å²) in [6.45, 7) is 1.11. The lowest BCUT2D eigenvalue weighted by atomic mass is 10.1. The van der Waals surface area contributed by atoms with E-state index in [-0.39, 0.29) is 11.4 Å². The largest absolute Gasteiger partial charge is 0.451 e. The van der Waals surface area contributed by atoms with Crippen molar-refractivity contribution in [2.45, 2.75) is 6.18 Å². The van der Waals surface area contributed by atoms with Gasteiger partial charge in [0, 0.05) is 24.0 Å². The fourth-order valence-corrected chi connectivity index (χ4v) is 4.16. The van der Waals surface area contributed by atoms with Crippen LogP contribution in [0.3, 0.4) is 0 Å². The zero-order valence-corrected chi connectivity index (χ0v) is 18.6. The topological polar surface area (TPSA) is 80.8 Å². The Hall–Kier alpha value is -3.44. The molecular weight excluding hydrogens is 471 g/mol. The van der Waals surface area contributed by atoms with E-state index in [1.54, 1.807) is 0 Å². The molecule has 1 saturated heterocycles. The molecule has 0 saturated carbocycles. The third-order valence-electron chi connectivity index (χ3n) is 5.02. The number of aromatic nitrogens is 1. The molecule has 1 aliphatic heterocycles. The normalized spacial score (nSPS) is 14.0. The summed E-state index contributed by atoms with van der Waals surface area (Å²) in [6, 6.07) is 12.4. The molecule has 1 N–H and O–H groups in total. The summed E-state index contributed by atoms with van der Waals surface area (Å²) >= 11 is 1.25. The van der Waals surface area contributed by atoms with Crippen LogP contribution >= 0.6 is 11.3 Å². The SMILES string of the molecule is O=C(COC(=O)c1csc(-c2ccccc2)n1)Nc1cc(C(F)(F)F)ccc1N1CCOCC1. The Bertz CT molecular complexity index is 1160. The van der Waals surface area contributed by atoms with E-state index in [1.807, 2.05) is 35.2 Å². The second-order valence-electron chi connectivity index (χ2n) is 7.36. The molecule has 0 aliphatic carbocycles. The molecule has 2 heterocycles. The number of morpholine rings is 1. The predicted molar refractivity (Wildman–Crippen MR) is 121 cm³/mol. The summed E-state index contributed by atoms with van der Waals surface area (Å²) in [6.07, 6.45) is -4.57. The number of hydrogen-bond donors (Lipinski definition) is 1. The van der Waals surface area contributed by atoms with E-state index >= 15 is 0 Å². The molecule has 7 nitrogen and oxygen atoms in total. The molecule has 1 aromatic heterocycles. The molecule has 4 rings (SSSR count). The second kappa shape index (κ2) is 10.2. The maximum absolute atomic E-state index is 13.2. The van der Waals surface area contributed by atoms with E-state index in [9.17, 15) is 22.8 Å². The zero-order chi connectivity index (χ0) is 24.1. The highest BCUT2D eigenvalue weighted by molar-refractivity contribution is 7.13. The molecule has 0 radical (unpaired) electrons. The van der Waals surface area contributed by atoms with Crippen molar-refractivity contribution >= 4 is 34.6 Å². The van der Waals surface area contributed by atoms with Gasteiger partial charge in [0.25, 0.3) is 5.91 Å². The number of benzene rings is 2. The molecule has 0 unspecified atom stereocenters. The summed E-state index contributed by atoms with van der Waals surface area (Å²) in [7, 11) is 0. The summed E-state index contributed by atoms with van der Waals surface area (Å²) in [5.41, 5.74) is 0.405. The van der Waals surface area contributed by atoms with Gasteiger partial charge in [-0.05, 0) is 18.2 Å². The van der Waals surface area contributed by atoms with E-state index in [0.29, 0.717) is 37.0 Å². The second-order valence-corrected chi connectivity index (χ2v) is 8.22. The first-order chi connectivity index (χ1) is 16.3. The number of hydrogen-bond acceptors (Lipinski definition) is 7. The maximum Gasteiger partial charge on any atom is 0.416 e. The van der Waals surface area contributed by atoms with Crippen molar-refractivity contribution in [2.24, 2.45) is 0 Å². The molecule has 2 aromatic carbocycles. The van der Waals surface area contributed by atoms with Gasteiger partial charge in [-0.1, -0.05) is 30.3 Å². The van der Waals surface area contributed by atoms with Crippen molar-refractivity contribution in [1.29, 1.82) is 0 Å². The minimum absolute atomic E-state index is 0.0159. The van der Waals surface area contributed by atoms with Gasteiger partial charge in [0.2, 0.25) is 0 Å². The van der Waals surface area contributed by atoms with Crippen LogP contribution in [0, 0.1) is 0 Å². The summed E-state index contributed by atoms with van der Waals surface area (Å²) < 4.78 is 50.0. The van der Waals surface area contributed by atoms with Gasteiger partial charge in [0.1, 0.15) is 5.01 Å². The summed E-state index contributed by atoms with van der Waals surface area (Å²) in [5, 5.41) is 4.58. The number of anilines is 2. The third-order valence-corrected chi connectivity index (χ3v) is 5.91. The highest BCUT2D eigenvalue weighted by atomic mass is 32.1. The van der Waals surface area contributed by atoms with Crippen molar-refractivity contribution in [2.75, 3.05) is 43.1 Å². The van der Waals surface area contributed by atoms with Crippen LogP contribution in [-0.2, 0) is 20.4 Å². The van der Waals surface area contributed by atoms with Crippen molar-refractivity contribution in [3.63, 3.8) is 0 Å². The fourth-order valence-electron chi connectivity index (χ4n) is 3.36. The summed E-state index contributed by atoms with van der Waals surface area (Å²) in [5.74, 6) is -1.56. The molecule has 34 heavy (non-hydrogen) atoms. The lowest BCUT2D eigenvalue weighted by molar-refractivity contribution is -0.137. The number of carbonyl (C=O) groups excluding carboxylic acids is 2. The van der Waals surface area contributed by atoms with Gasteiger partial charge in [-0.25, -0.2) is 9.78 Å². The Morgan fingerprint density at radius 3 is 2.56 bits per heavy atom. The minimum Gasteiger partial charge on any atom is -0.451 e. The number of halogens is 3. The molecule has 0 atom stereocenters. The average molecular weight is 491 g/mol. The molecular formula is C23H20F3N3O4S. The third kappa shape index (κ3) is 5.72. The Kier molecular flexibility index (Phi) is 7.13. The van der Waals surface area contributed by atoms with Crippen LogP contribution in [0.4, 0.5) is 24.5 Å². The van der Waals surface area contributed by atoms with Crippen LogP contribution in [0.5, 0.6) is 0 Å². The molecule has 178 valence electrons. The Labute approximate surface area is 197 Å². The standard InChI is InChI=1S/C23H20F3N3O4S/c24-23(25,26)16-6-7-19(29-8-10-32-11-9-29)17(12-16)27-20(30)13-33-22(31)18-14-34-21(28-18)15-4-2-1-3-5-15/h1-7,12,14H,8-11,13H2,(H,27,30). The number of rotatable bonds is 6. The molecule has 11 heteroatoms. The highest BCUT2D eigenvalue weighted by Crippen LogP contribution is 2.35. The van der Waals surface area contributed by atoms with Crippen LogP contribution in [0.1, 0.15) is 16.1 Å². The Balaban J connectivity index is 1.43. The summed E-state index contributed by atoms with van der Waals surface area (Å²) in [4.78, 5) is 30.8. The maximum atomic E-state index is 13.2. The predicted octanol–water partition coefficient (Wildman–Crippen LogP) is 4.46. The van der Waals surface area contributed by atoms with Gasteiger partial charge in [-0.2, -0.15) is 13.2 Å². The number of nitrogens with one attached hydrogen (secondary N) is 1. The van der Waals surface area contributed by atoms with E-state index in [0.717, 1.165) is 17.7 Å². The number of thiazole rings is 1. The smallest absolute Gasteiger partial charge is 0.416 e. The first kappa shape index (κ1) is 23.7. The number of ether oxygens (including phenoxy) is 2. The van der Waals surface area contributed by atoms with Crippen LogP contribution in [0.25, 0.3) is 10.6 Å². The lowest BCUT2D eigenvalue weighted by Crippen LogP contribution is -2.37. The van der Waals surface area contributed by atoms with Crippen molar-refractivity contribution in [3.8, 4) is 10.6 Å². The first-order valence-corrected chi connectivity index (χ1v) is 11.2. The molecule has 0 spiro atoms. The van der Waals surface area contributed by atoms with Gasteiger partial charge in [0.05, 0.1) is 30.2 Å². The minimum atomic E-state index is -4.57. The van der Waals surface area contributed by atoms with Gasteiger partial charge in [-0.3, -0.25) is 4.79 Å². The van der Waals surface area contributed by atoms with E-state index in [1.165, 1.54) is 22.8 Å². The molecule has 0 bridgehead atoms. The molecule has 1 fully saturated rings. The molecule has 3 aromatic rings. The van der Waals surface area contributed by atoms with Crippen LogP contribution in [0.2, 0.25) is 0 Å². The quantitative estimate of drug-likeness (QED) is 0.513.